The predicted molar refractivity (Wildman–Crippen MR) is 96.5 cm³/mol. The monoisotopic (exact) mass is 357 g/mol. The Morgan fingerprint density at radius 2 is 1.96 bits per heavy atom. The molecule has 26 heavy (non-hydrogen) atoms. The minimum Gasteiger partial charge on any atom is -0.497 e. The van der Waals surface area contributed by atoms with Crippen LogP contribution in [0.2, 0.25) is 0 Å². The van der Waals surface area contributed by atoms with E-state index in [0.717, 1.165) is 5.56 Å². The summed E-state index contributed by atoms with van der Waals surface area (Å²) in [5.74, 6) is -0.887. The van der Waals surface area contributed by atoms with Crippen molar-refractivity contribution in [3.05, 3.63) is 59.4 Å². The quantitative estimate of drug-likeness (QED) is 0.686. The summed E-state index contributed by atoms with van der Waals surface area (Å²) in [7, 11) is 1.57. The van der Waals surface area contributed by atoms with Gasteiger partial charge in [0.1, 0.15) is 17.8 Å². The maximum absolute atomic E-state index is 14.5. The van der Waals surface area contributed by atoms with E-state index in [1.54, 1.807) is 19.2 Å². The lowest BCUT2D eigenvalue weighted by Gasteiger charge is -2.17. The van der Waals surface area contributed by atoms with Gasteiger partial charge in [-0.3, -0.25) is 0 Å². The van der Waals surface area contributed by atoms with E-state index in [-0.39, 0.29) is 11.3 Å². The molecular weight excluding hydrogens is 337 g/mol. The highest BCUT2D eigenvalue weighted by atomic mass is 19.1. The van der Waals surface area contributed by atoms with Crippen LogP contribution in [0.3, 0.4) is 0 Å². The highest BCUT2D eigenvalue weighted by molar-refractivity contribution is 5.88. The van der Waals surface area contributed by atoms with Gasteiger partial charge in [-0.1, -0.05) is 18.2 Å². The second kappa shape index (κ2) is 7.58. The van der Waals surface area contributed by atoms with Crippen molar-refractivity contribution in [1.82, 2.24) is 0 Å². The Morgan fingerprint density at radius 3 is 2.65 bits per heavy atom. The number of aliphatic hydroxyl groups excluding tert-OH is 1. The third-order valence-electron chi connectivity index (χ3n) is 4.51. The fourth-order valence-corrected chi connectivity index (χ4v) is 3.16. The number of rotatable bonds is 6. The second-order valence-corrected chi connectivity index (χ2v) is 6.14. The molecule has 5 nitrogen and oxygen atoms in total. The van der Waals surface area contributed by atoms with Crippen LogP contribution in [0, 0.1) is 5.82 Å². The van der Waals surface area contributed by atoms with Gasteiger partial charge in [0.05, 0.1) is 12.8 Å². The van der Waals surface area contributed by atoms with Crippen LogP contribution in [0.15, 0.2) is 53.6 Å². The van der Waals surface area contributed by atoms with E-state index >= 15 is 0 Å². The SMILES string of the molecule is COc1cccc(-c2ccc(NC(O)C3=C(C(=O)O)CCC3)c(F)c2)c1. The number of nitrogens with one attached hydrogen (secondary N) is 1. The Hall–Kier alpha value is -2.86. The minimum absolute atomic E-state index is 0.119. The van der Waals surface area contributed by atoms with E-state index in [4.69, 9.17) is 4.74 Å². The summed E-state index contributed by atoms with van der Waals surface area (Å²) < 4.78 is 19.7. The molecule has 6 heteroatoms. The van der Waals surface area contributed by atoms with Gasteiger partial charge in [0.2, 0.25) is 0 Å². The molecule has 1 atom stereocenters. The number of carboxylic acids is 1. The number of aliphatic hydroxyl groups is 1. The molecule has 3 rings (SSSR count). The average Bonchev–Trinajstić information content (AvgIpc) is 3.13. The van der Waals surface area contributed by atoms with E-state index in [0.29, 0.717) is 36.1 Å². The molecule has 1 aliphatic carbocycles. The van der Waals surface area contributed by atoms with Crippen molar-refractivity contribution in [2.75, 3.05) is 12.4 Å². The van der Waals surface area contributed by atoms with Gasteiger partial charge < -0.3 is 20.3 Å². The number of carbonyl (C=O) groups is 1. The fourth-order valence-electron chi connectivity index (χ4n) is 3.16. The van der Waals surface area contributed by atoms with Crippen molar-refractivity contribution < 1.29 is 24.1 Å². The first kappa shape index (κ1) is 17.9. The van der Waals surface area contributed by atoms with E-state index in [9.17, 15) is 19.4 Å². The van der Waals surface area contributed by atoms with Gasteiger partial charge in [0, 0.05) is 5.57 Å². The zero-order valence-corrected chi connectivity index (χ0v) is 14.3. The number of carboxylic acid groups (broad SMARTS) is 1. The molecule has 3 N–H and O–H groups in total. The smallest absolute Gasteiger partial charge is 0.331 e. The van der Waals surface area contributed by atoms with Crippen LogP contribution >= 0.6 is 0 Å². The first-order chi connectivity index (χ1) is 12.5. The molecule has 0 heterocycles. The molecule has 0 bridgehead atoms. The number of halogens is 1. The summed E-state index contributed by atoms with van der Waals surface area (Å²) in [5.41, 5.74) is 2.22. The topological polar surface area (TPSA) is 78.8 Å². The molecule has 0 amide bonds. The summed E-state index contributed by atoms with van der Waals surface area (Å²) in [6.45, 7) is 0. The van der Waals surface area contributed by atoms with Crippen LogP contribution in [0.1, 0.15) is 19.3 Å². The summed E-state index contributed by atoms with van der Waals surface area (Å²) in [5, 5.41) is 22.1. The lowest BCUT2D eigenvalue weighted by atomic mass is 10.0. The van der Waals surface area contributed by atoms with Crippen molar-refractivity contribution >= 4 is 11.7 Å². The van der Waals surface area contributed by atoms with Gasteiger partial charge in [-0.2, -0.15) is 0 Å². The summed E-state index contributed by atoms with van der Waals surface area (Å²) in [6, 6.07) is 11.9. The number of ether oxygens (including phenoxy) is 1. The molecule has 0 fully saturated rings. The molecule has 0 radical (unpaired) electrons. The standard InChI is InChI=1S/C20H20FNO4/c1-26-14-5-2-4-12(10-14)13-8-9-18(17(21)11-13)22-19(23)15-6-3-7-16(15)20(24)25/h2,4-5,8-11,19,22-23H,3,6-7H2,1H3,(H,24,25). The number of hydrogen-bond acceptors (Lipinski definition) is 4. The number of aliphatic carboxylic acids is 1. The summed E-state index contributed by atoms with van der Waals surface area (Å²) in [6.07, 6.45) is 0.355. The maximum atomic E-state index is 14.5. The molecule has 0 saturated heterocycles. The number of hydrogen-bond donors (Lipinski definition) is 3. The third kappa shape index (κ3) is 3.70. The Morgan fingerprint density at radius 1 is 1.19 bits per heavy atom. The van der Waals surface area contributed by atoms with Crippen LogP contribution in [0.25, 0.3) is 11.1 Å². The first-order valence-corrected chi connectivity index (χ1v) is 8.33. The highest BCUT2D eigenvalue weighted by Gasteiger charge is 2.25. The van der Waals surface area contributed by atoms with Crippen LogP contribution in [0.4, 0.5) is 10.1 Å². The van der Waals surface area contributed by atoms with Crippen molar-refractivity contribution in [3.63, 3.8) is 0 Å². The first-order valence-electron chi connectivity index (χ1n) is 8.33. The van der Waals surface area contributed by atoms with Gasteiger partial charge in [-0.15, -0.1) is 0 Å². The van der Waals surface area contributed by atoms with Gasteiger partial charge in [0.15, 0.2) is 0 Å². The molecule has 2 aromatic rings. The second-order valence-electron chi connectivity index (χ2n) is 6.14. The van der Waals surface area contributed by atoms with Crippen molar-refractivity contribution in [2.24, 2.45) is 0 Å². The minimum atomic E-state index is -1.22. The lowest BCUT2D eigenvalue weighted by molar-refractivity contribution is -0.132. The van der Waals surface area contributed by atoms with E-state index in [2.05, 4.69) is 5.32 Å². The van der Waals surface area contributed by atoms with Crippen molar-refractivity contribution in [3.8, 4) is 16.9 Å². The largest absolute Gasteiger partial charge is 0.497 e. The van der Waals surface area contributed by atoms with E-state index in [1.807, 2.05) is 18.2 Å². The molecule has 0 spiro atoms. The van der Waals surface area contributed by atoms with Gasteiger partial charge in [-0.25, -0.2) is 9.18 Å². The normalized spacial score (nSPS) is 15.0. The fraction of sp³-hybridized carbons (Fsp3) is 0.250. The van der Waals surface area contributed by atoms with Crippen LogP contribution in [-0.2, 0) is 4.79 Å². The van der Waals surface area contributed by atoms with Crippen LogP contribution in [0.5, 0.6) is 5.75 Å². The summed E-state index contributed by atoms with van der Waals surface area (Å²) in [4.78, 5) is 11.2. The molecule has 136 valence electrons. The van der Waals surface area contributed by atoms with E-state index < -0.39 is 18.0 Å². The summed E-state index contributed by atoms with van der Waals surface area (Å²) >= 11 is 0. The number of benzene rings is 2. The molecule has 1 unspecified atom stereocenters. The highest BCUT2D eigenvalue weighted by Crippen LogP contribution is 2.31. The zero-order chi connectivity index (χ0) is 18.7. The molecule has 2 aromatic carbocycles. The Balaban J connectivity index is 1.82. The molecule has 0 saturated carbocycles. The number of anilines is 1. The molecule has 0 aromatic heterocycles. The average molecular weight is 357 g/mol. The lowest BCUT2D eigenvalue weighted by Crippen LogP contribution is -2.23. The predicted octanol–water partition coefficient (Wildman–Crippen LogP) is 3.80. The zero-order valence-electron chi connectivity index (χ0n) is 14.3. The van der Waals surface area contributed by atoms with Gasteiger partial charge >= 0.3 is 5.97 Å². The van der Waals surface area contributed by atoms with Crippen molar-refractivity contribution in [1.29, 1.82) is 0 Å². The van der Waals surface area contributed by atoms with Gasteiger partial charge in [0.25, 0.3) is 0 Å². The Bertz CT molecular complexity index is 863. The molecule has 0 aliphatic heterocycles. The van der Waals surface area contributed by atoms with E-state index in [1.165, 1.54) is 12.1 Å². The number of methoxy groups -OCH3 is 1. The maximum Gasteiger partial charge on any atom is 0.331 e. The van der Waals surface area contributed by atoms with Crippen LogP contribution < -0.4 is 10.1 Å². The Kier molecular flexibility index (Phi) is 5.23. The van der Waals surface area contributed by atoms with Gasteiger partial charge in [-0.05, 0) is 60.2 Å². The van der Waals surface area contributed by atoms with Crippen molar-refractivity contribution in [2.45, 2.75) is 25.5 Å². The Labute approximate surface area is 150 Å². The van der Waals surface area contributed by atoms with Crippen LogP contribution in [-0.4, -0.2) is 29.5 Å². The molecule has 1 aliphatic rings. The molecular formula is C20H20FNO4. The third-order valence-corrected chi connectivity index (χ3v) is 4.51.